The lowest BCUT2D eigenvalue weighted by Crippen LogP contribution is -2.38. The second-order valence-corrected chi connectivity index (χ2v) is 5.69. The molecule has 1 fully saturated rings. The number of hydrogen-bond acceptors (Lipinski definition) is 7. The van der Waals surface area contributed by atoms with Crippen molar-refractivity contribution in [3.63, 3.8) is 0 Å². The molecule has 0 spiro atoms. The normalized spacial score (nSPS) is 16.0. The Hall–Kier alpha value is -1.51. The van der Waals surface area contributed by atoms with Crippen LogP contribution in [0.2, 0.25) is 0 Å². The summed E-state index contributed by atoms with van der Waals surface area (Å²) in [6.07, 6.45) is 1.81. The van der Waals surface area contributed by atoms with E-state index in [9.17, 15) is 4.79 Å². The van der Waals surface area contributed by atoms with Crippen molar-refractivity contribution in [3.8, 4) is 0 Å². The molecule has 0 atom stereocenters. The summed E-state index contributed by atoms with van der Waals surface area (Å²) in [5.41, 5.74) is 0.556. The van der Waals surface area contributed by atoms with Gasteiger partial charge in [-0.05, 0) is 25.0 Å². The highest BCUT2D eigenvalue weighted by atomic mass is 16.7. The second kappa shape index (κ2) is 11.9. The number of carbonyl (C=O) groups is 1. The van der Waals surface area contributed by atoms with Crippen LogP contribution < -0.4 is 0 Å². The number of ether oxygens (including phenoxy) is 3. The summed E-state index contributed by atoms with van der Waals surface area (Å²) in [7, 11) is 0. The van der Waals surface area contributed by atoms with Gasteiger partial charge in [0.2, 0.25) is 0 Å². The van der Waals surface area contributed by atoms with Gasteiger partial charge < -0.3 is 24.2 Å². The Labute approximate surface area is 148 Å². The van der Waals surface area contributed by atoms with Gasteiger partial charge in [0.25, 0.3) is 0 Å². The van der Waals surface area contributed by atoms with Crippen LogP contribution in [-0.4, -0.2) is 75.0 Å². The van der Waals surface area contributed by atoms with Crippen molar-refractivity contribution in [2.24, 2.45) is 0 Å². The van der Waals surface area contributed by atoms with E-state index in [1.165, 1.54) is 0 Å². The Balaban J connectivity index is 1.51. The topological polar surface area (TPSA) is 77.5 Å². The van der Waals surface area contributed by atoms with Crippen molar-refractivity contribution < 1.29 is 28.9 Å². The number of nitrogens with zero attached hydrogens (tertiary/aromatic N) is 1. The number of rotatable bonds is 11. The van der Waals surface area contributed by atoms with Gasteiger partial charge in [0.15, 0.2) is 0 Å². The van der Waals surface area contributed by atoms with Crippen molar-refractivity contribution in [2.75, 3.05) is 52.7 Å². The third kappa shape index (κ3) is 7.94. The summed E-state index contributed by atoms with van der Waals surface area (Å²) in [4.78, 5) is 17.4. The molecule has 1 heterocycles. The first-order valence-electron chi connectivity index (χ1n) is 8.70. The van der Waals surface area contributed by atoms with E-state index < -0.39 is 0 Å². The molecule has 1 N–H and O–H groups in total. The Kier molecular flexibility index (Phi) is 9.46. The number of piperidine rings is 1. The van der Waals surface area contributed by atoms with Gasteiger partial charge >= 0.3 is 5.97 Å². The number of carbonyl (C=O) groups excluding carboxylic acids is 1. The molecular weight excluding hydrogens is 326 g/mol. The maximum absolute atomic E-state index is 12.0. The van der Waals surface area contributed by atoms with E-state index in [1.54, 1.807) is 17.2 Å². The molecule has 0 amide bonds. The Bertz CT molecular complexity index is 476. The Morgan fingerprint density at radius 1 is 1.00 bits per heavy atom. The lowest BCUT2D eigenvalue weighted by Gasteiger charge is -2.30. The summed E-state index contributed by atoms with van der Waals surface area (Å²) in [6, 6.07) is 8.99. The smallest absolute Gasteiger partial charge is 0.357 e. The van der Waals surface area contributed by atoms with E-state index in [4.69, 9.17) is 24.2 Å². The number of hydrogen-bond donors (Lipinski definition) is 1. The van der Waals surface area contributed by atoms with Crippen molar-refractivity contribution >= 4 is 5.97 Å². The van der Waals surface area contributed by atoms with E-state index in [1.807, 2.05) is 18.2 Å². The molecule has 0 radical (unpaired) electrons. The summed E-state index contributed by atoms with van der Waals surface area (Å²) in [5.74, 6) is -0.322. The van der Waals surface area contributed by atoms with Crippen LogP contribution in [0.4, 0.5) is 0 Å². The van der Waals surface area contributed by atoms with Crippen molar-refractivity contribution in [3.05, 3.63) is 35.9 Å². The lowest BCUT2D eigenvalue weighted by atomic mass is 10.1. The molecule has 0 bridgehead atoms. The number of aliphatic hydroxyl groups is 1. The van der Waals surface area contributed by atoms with Crippen LogP contribution in [0, 0.1) is 0 Å². The van der Waals surface area contributed by atoms with Crippen LogP contribution in [0.5, 0.6) is 0 Å². The zero-order valence-electron chi connectivity index (χ0n) is 14.5. The highest BCUT2D eigenvalue weighted by Gasteiger charge is 2.22. The minimum absolute atomic E-state index is 0.0302. The van der Waals surface area contributed by atoms with E-state index >= 15 is 0 Å². The first-order chi connectivity index (χ1) is 12.3. The van der Waals surface area contributed by atoms with E-state index in [0.29, 0.717) is 51.7 Å². The molecule has 7 nitrogen and oxygen atoms in total. The van der Waals surface area contributed by atoms with Crippen LogP contribution >= 0.6 is 0 Å². The Morgan fingerprint density at radius 3 is 2.32 bits per heavy atom. The SMILES string of the molecule is O=C(ON1CCC(OCCOCCOCCO)CC1)c1ccccc1. The lowest BCUT2D eigenvalue weighted by molar-refractivity contribution is -0.142. The quantitative estimate of drug-likeness (QED) is 0.600. The third-order valence-corrected chi connectivity index (χ3v) is 3.81. The first-order valence-corrected chi connectivity index (χ1v) is 8.70. The molecule has 140 valence electrons. The molecular formula is C18H27NO6. The monoisotopic (exact) mass is 353 g/mol. The van der Waals surface area contributed by atoms with Crippen molar-refractivity contribution in [1.82, 2.24) is 5.06 Å². The van der Waals surface area contributed by atoms with Gasteiger partial charge in [-0.25, -0.2) is 4.79 Å². The van der Waals surface area contributed by atoms with Crippen LogP contribution in [0.1, 0.15) is 23.2 Å². The molecule has 0 saturated carbocycles. The number of hydroxylamine groups is 2. The van der Waals surface area contributed by atoms with Gasteiger partial charge in [-0.15, -0.1) is 5.06 Å². The largest absolute Gasteiger partial charge is 0.394 e. The minimum Gasteiger partial charge on any atom is -0.394 e. The highest BCUT2D eigenvalue weighted by Crippen LogP contribution is 2.15. The summed E-state index contributed by atoms with van der Waals surface area (Å²) < 4.78 is 16.3. The van der Waals surface area contributed by atoms with Crippen LogP contribution in [0.25, 0.3) is 0 Å². The molecule has 0 unspecified atom stereocenters. The molecule has 0 aliphatic carbocycles. The fraction of sp³-hybridized carbons (Fsp3) is 0.611. The second-order valence-electron chi connectivity index (χ2n) is 5.69. The van der Waals surface area contributed by atoms with E-state index in [2.05, 4.69) is 0 Å². The molecule has 1 saturated heterocycles. The average molecular weight is 353 g/mol. The van der Waals surface area contributed by atoms with Crippen molar-refractivity contribution in [1.29, 1.82) is 0 Å². The molecule has 2 rings (SSSR count). The van der Waals surface area contributed by atoms with E-state index in [0.717, 1.165) is 12.8 Å². The molecule has 1 aromatic rings. The van der Waals surface area contributed by atoms with Gasteiger partial charge in [0.1, 0.15) is 0 Å². The van der Waals surface area contributed by atoms with Crippen LogP contribution in [0.3, 0.4) is 0 Å². The molecule has 0 aromatic heterocycles. The first kappa shape index (κ1) is 19.8. The summed E-state index contributed by atoms with van der Waals surface area (Å²) in [6.45, 7) is 3.73. The zero-order chi connectivity index (χ0) is 17.7. The predicted octanol–water partition coefficient (Wildman–Crippen LogP) is 1.26. The fourth-order valence-electron chi connectivity index (χ4n) is 2.49. The highest BCUT2D eigenvalue weighted by molar-refractivity contribution is 5.89. The number of aliphatic hydroxyl groups excluding tert-OH is 1. The van der Waals surface area contributed by atoms with Gasteiger partial charge in [-0.1, -0.05) is 18.2 Å². The van der Waals surface area contributed by atoms with Crippen LogP contribution in [-0.2, 0) is 19.0 Å². The van der Waals surface area contributed by atoms with Crippen LogP contribution in [0.15, 0.2) is 30.3 Å². The van der Waals surface area contributed by atoms with Gasteiger partial charge in [-0.3, -0.25) is 0 Å². The molecule has 1 aromatic carbocycles. The summed E-state index contributed by atoms with van der Waals surface area (Å²) >= 11 is 0. The fourth-order valence-corrected chi connectivity index (χ4v) is 2.49. The van der Waals surface area contributed by atoms with Gasteiger partial charge in [0, 0.05) is 13.1 Å². The van der Waals surface area contributed by atoms with Gasteiger partial charge in [0.05, 0.1) is 51.3 Å². The molecule has 7 heteroatoms. The Morgan fingerprint density at radius 2 is 1.64 bits per heavy atom. The molecule has 1 aliphatic heterocycles. The van der Waals surface area contributed by atoms with Crippen molar-refractivity contribution in [2.45, 2.75) is 18.9 Å². The number of benzene rings is 1. The van der Waals surface area contributed by atoms with E-state index in [-0.39, 0.29) is 18.7 Å². The maximum atomic E-state index is 12.0. The predicted molar refractivity (Wildman–Crippen MR) is 91.1 cm³/mol. The molecule has 25 heavy (non-hydrogen) atoms. The zero-order valence-corrected chi connectivity index (χ0v) is 14.5. The van der Waals surface area contributed by atoms with Gasteiger partial charge in [-0.2, -0.15) is 0 Å². The minimum atomic E-state index is -0.322. The average Bonchev–Trinajstić information content (AvgIpc) is 2.66. The summed E-state index contributed by atoms with van der Waals surface area (Å²) in [5, 5.41) is 10.3. The standard InChI is InChI=1S/C18H27NO6/c20-10-11-22-12-13-23-14-15-24-17-6-8-19(9-7-17)25-18(21)16-4-2-1-3-5-16/h1-5,17,20H,6-15H2. The molecule has 1 aliphatic rings. The third-order valence-electron chi connectivity index (χ3n) is 3.81. The maximum Gasteiger partial charge on any atom is 0.357 e.